The third kappa shape index (κ3) is 2.67. The van der Waals surface area contributed by atoms with Crippen molar-refractivity contribution in [3.8, 4) is 0 Å². The molecule has 0 spiro atoms. The molecule has 80 valence electrons. The summed E-state index contributed by atoms with van der Waals surface area (Å²) in [6, 6.07) is 8.48. The predicted molar refractivity (Wildman–Crippen MR) is 72.6 cm³/mol. The lowest BCUT2D eigenvalue weighted by atomic mass is 9.92. The van der Waals surface area contributed by atoms with Crippen LogP contribution in [0.5, 0.6) is 0 Å². The minimum Gasteiger partial charge on any atom is -0.0890 e. The van der Waals surface area contributed by atoms with Gasteiger partial charge >= 0.3 is 0 Å². The molecule has 0 aromatic heterocycles. The van der Waals surface area contributed by atoms with Crippen LogP contribution in [0.2, 0.25) is 0 Å². The van der Waals surface area contributed by atoms with Crippen molar-refractivity contribution < 1.29 is 0 Å². The van der Waals surface area contributed by atoms with Crippen LogP contribution >= 0.6 is 28.1 Å². The number of hydrogen-bond donors (Lipinski definition) is 0. The van der Waals surface area contributed by atoms with Crippen molar-refractivity contribution in [1.82, 2.24) is 0 Å². The maximum absolute atomic E-state index is 5.53. The number of hydrogen-bond acceptors (Lipinski definition) is 1. The first kappa shape index (κ1) is 11.3. The Morgan fingerprint density at radius 3 is 2.73 bits per heavy atom. The van der Waals surface area contributed by atoms with E-state index in [-0.39, 0.29) is 0 Å². The Balaban J connectivity index is 2.28. The van der Waals surface area contributed by atoms with E-state index in [0.717, 1.165) is 6.42 Å². The van der Waals surface area contributed by atoms with Crippen LogP contribution in [0.1, 0.15) is 43.6 Å². The van der Waals surface area contributed by atoms with E-state index in [2.05, 4.69) is 40.2 Å². The molecule has 0 nitrogen and oxygen atoms in total. The van der Waals surface area contributed by atoms with Gasteiger partial charge in [0.15, 0.2) is 0 Å². The van der Waals surface area contributed by atoms with E-state index in [9.17, 15) is 0 Å². The Labute approximate surface area is 105 Å². The zero-order valence-corrected chi connectivity index (χ0v) is 11.1. The lowest BCUT2D eigenvalue weighted by Gasteiger charge is -2.17. The second kappa shape index (κ2) is 5.22. The number of benzene rings is 1. The highest BCUT2D eigenvalue weighted by Crippen LogP contribution is 2.33. The standard InChI is InChI=1S/C13H15BrS/c14-12-8-5-4-6-10(12)11-7-2-1-3-9-13(11)15/h4-6,8,11H,1-3,7,9H2. The van der Waals surface area contributed by atoms with Crippen LogP contribution in [0, 0.1) is 0 Å². The second-order valence-electron chi connectivity index (χ2n) is 4.14. The molecule has 0 heterocycles. The molecule has 0 bridgehead atoms. The maximum Gasteiger partial charge on any atom is 0.0213 e. The largest absolute Gasteiger partial charge is 0.0890 e. The van der Waals surface area contributed by atoms with E-state index in [1.807, 2.05) is 0 Å². The van der Waals surface area contributed by atoms with Gasteiger partial charge in [-0.25, -0.2) is 0 Å². The van der Waals surface area contributed by atoms with Crippen LogP contribution in [0.25, 0.3) is 0 Å². The molecule has 1 aliphatic rings. The number of halogens is 1. The van der Waals surface area contributed by atoms with Crippen molar-refractivity contribution >= 4 is 33.0 Å². The molecule has 15 heavy (non-hydrogen) atoms. The van der Waals surface area contributed by atoms with E-state index in [1.165, 1.54) is 40.6 Å². The molecule has 0 aliphatic heterocycles. The first-order chi connectivity index (χ1) is 7.29. The van der Waals surface area contributed by atoms with Crippen LogP contribution in [0.4, 0.5) is 0 Å². The Morgan fingerprint density at radius 2 is 1.93 bits per heavy atom. The van der Waals surface area contributed by atoms with Crippen LogP contribution in [-0.2, 0) is 0 Å². The van der Waals surface area contributed by atoms with Gasteiger partial charge in [-0.2, -0.15) is 0 Å². The lowest BCUT2D eigenvalue weighted by molar-refractivity contribution is 0.671. The SMILES string of the molecule is S=C1CCCCCC1c1ccccc1Br. The monoisotopic (exact) mass is 282 g/mol. The van der Waals surface area contributed by atoms with Crippen molar-refractivity contribution in [3.05, 3.63) is 34.3 Å². The highest BCUT2D eigenvalue weighted by Gasteiger charge is 2.20. The molecule has 1 aliphatic carbocycles. The Hall–Kier alpha value is -0.210. The van der Waals surface area contributed by atoms with Crippen molar-refractivity contribution in [2.45, 2.75) is 38.0 Å². The third-order valence-electron chi connectivity index (χ3n) is 3.09. The highest BCUT2D eigenvalue weighted by molar-refractivity contribution is 9.10. The molecule has 1 unspecified atom stereocenters. The van der Waals surface area contributed by atoms with Crippen molar-refractivity contribution in [3.63, 3.8) is 0 Å². The molecule has 0 radical (unpaired) electrons. The van der Waals surface area contributed by atoms with Gasteiger partial charge in [-0.05, 0) is 30.9 Å². The van der Waals surface area contributed by atoms with E-state index in [4.69, 9.17) is 12.2 Å². The van der Waals surface area contributed by atoms with Gasteiger partial charge in [0.2, 0.25) is 0 Å². The summed E-state index contributed by atoms with van der Waals surface area (Å²) in [5, 5.41) is 0. The summed E-state index contributed by atoms with van der Waals surface area (Å²) >= 11 is 9.16. The quantitative estimate of drug-likeness (QED) is 0.523. The Kier molecular flexibility index (Phi) is 3.92. The molecule has 2 rings (SSSR count). The fourth-order valence-electron chi connectivity index (χ4n) is 2.25. The van der Waals surface area contributed by atoms with Crippen LogP contribution in [-0.4, -0.2) is 4.86 Å². The lowest BCUT2D eigenvalue weighted by Crippen LogP contribution is -2.08. The fourth-order valence-corrected chi connectivity index (χ4v) is 3.20. The molecule has 1 aromatic rings. The molecule has 1 fully saturated rings. The Morgan fingerprint density at radius 1 is 1.13 bits per heavy atom. The molecule has 1 saturated carbocycles. The molecular formula is C13H15BrS. The zero-order chi connectivity index (χ0) is 10.7. The van der Waals surface area contributed by atoms with E-state index >= 15 is 0 Å². The van der Waals surface area contributed by atoms with Crippen molar-refractivity contribution in [1.29, 1.82) is 0 Å². The van der Waals surface area contributed by atoms with Crippen LogP contribution < -0.4 is 0 Å². The summed E-state index contributed by atoms with van der Waals surface area (Å²) in [4.78, 5) is 1.25. The number of thiocarbonyl (C=S) groups is 1. The van der Waals surface area contributed by atoms with Gasteiger partial charge in [-0.15, -0.1) is 0 Å². The normalized spacial score (nSPS) is 22.5. The van der Waals surface area contributed by atoms with Gasteiger partial charge in [0.25, 0.3) is 0 Å². The summed E-state index contributed by atoms with van der Waals surface area (Å²) in [7, 11) is 0. The van der Waals surface area contributed by atoms with Crippen molar-refractivity contribution in [2.24, 2.45) is 0 Å². The smallest absolute Gasteiger partial charge is 0.0213 e. The minimum absolute atomic E-state index is 0.498. The van der Waals surface area contributed by atoms with Crippen LogP contribution in [0.3, 0.4) is 0 Å². The van der Waals surface area contributed by atoms with E-state index in [0.29, 0.717) is 5.92 Å². The summed E-state index contributed by atoms with van der Waals surface area (Å²) in [5.74, 6) is 0.498. The summed E-state index contributed by atoms with van der Waals surface area (Å²) in [5.41, 5.74) is 1.38. The van der Waals surface area contributed by atoms with Gasteiger partial charge in [-0.3, -0.25) is 0 Å². The summed E-state index contributed by atoms with van der Waals surface area (Å²) in [6.07, 6.45) is 6.27. The van der Waals surface area contributed by atoms with Gasteiger partial charge < -0.3 is 0 Å². The van der Waals surface area contributed by atoms with Gasteiger partial charge in [0.05, 0.1) is 0 Å². The number of rotatable bonds is 1. The van der Waals surface area contributed by atoms with E-state index in [1.54, 1.807) is 0 Å². The predicted octanol–water partition coefficient (Wildman–Crippen LogP) is 4.87. The Bertz CT molecular complexity index is 359. The molecule has 0 saturated heterocycles. The summed E-state index contributed by atoms with van der Waals surface area (Å²) < 4.78 is 1.21. The first-order valence-electron chi connectivity index (χ1n) is 5.56. The third-order valence-corrected chi connectivity index (χ3v) is 4.30. The summed E-state index contributed by atoms with van der Waals surface area (Å²) in [6.45, 7) is 0. The molecule has 0 N–H and O–H groups in total. The van der Waals surface area contributed by atoms with Crippen LogP contribution in [0.15, 0.2) is 28.7 Å². The zero-order valence-electron chi connectivity index (χ0n) is 8.71. The second-order valence-corrected chi connectivity index (χ2v) is 5.52. The fraction of sp³-hybridized carbons (Fsp3) is 0.462. The molecule has 2 heteroatoms. The van der Waals surface area contributed by atoms with E-state index < -0.39 is 0 Å². The molecular weight excluding hydrogens is 268 g/mol. The highest BCUT2D eigenvalue weighted by atomic mass is 79.9. The minimum atomic E-state index is 0.498. The van der Waals surface area contributed by atoms with Crippen molar-refractivity contribution in [2.75, 3.05) is 0 Å². The topological polar surface area (TPSA) is 0 Å². The average Bonchev–Trinajstić information content (AvgIpc) is 2.44. The first-order valence-corrected chi connectivity index (χ1v) is 6.76. The van der Waals surface area contributed by atoms with Gasteiger partial charge in [0.1, 0.15) is 0 Å². The van der Waals surface area contributed by atoms with Gasteiger partial charge in [0, 0.05) is 15.3 Å². The molecule has 0 amide bonds. The maximum atomic E-state index is 5.53. The average molecular weight is 283 g/mol. The molecule has 1 atom stereocenters. The molecule has 1 aromatic carbocycles. The van der Waals surface area contributed by atoms with Gasteiger partial charge in [-0.1, -0.05) is 59.2 Å².